The Morgan fingerprint density at radius 1 is 1.60 bits per heavy atom. The van der Waals surface area contributed by atoms with E-state index in [0.29, 0.717) is 0 Å². The Balaban J connectivity index is 2.18. The lowest BCUT2D eigenvalue weighted by Gasteiger charge is -1.97. The van der Waals surface area contributed by atoms with Crippen LogP contribution in [0.15, 0.2) is 30.6 Å². The number of imidazole rings is 1. The third kappa shape index (κ3) is 2.13. The van der Waals surface area contributed by atoms with Crippen molar-refractivity contribution in [2.24, 2.45) is 0 Å². The Labute approximate surface area is 86.6 Å². The minimum Gasteiger partial charge on any atom is -0.307 e. The number of hydroxylamine groups is 1. The van der Waals surface area contributed by atoms with Crippen molar-refractivity contribution >= 4 is 11.6 Å². The molecule has 1 amide bonds. The number of nitrogens with one attached hydrogen (secondary N) is 1. The van der Waals surface area contributed by atoms with Gasteiger partial charge in [0.2, 0.25) is 5.91 Å². The lowest BCUT2D eigenvalue weighted by molar-refractivity contribution is -0.130. The normalized spacial score (nSPS) is 10.5. The van der Waals surface area contributed by atoms with Gasteiger partial charge >= 0.3 is 0 Å². The number of carbonyl (C=O) groups excluding carboxylic acids is 1. The van der Waals surface area contributed by atoms with Gasteiger partial charge in [-0.05, 0) is 12.1 Å². The Kier molecular flexibility index (Phi) is 2.64. The topological polar surface area (TPSA) is 55.6 Å². The van der Waals surface area contributed by atoms with Crippen molar-refractivity contribution in [3.63, 3.8) is 0 Å². The van der Waals surface area contributed by atoms with Crippen LogP contribution in [-0.4, -0.2) is 22.4 Å². The van der Waals surface area contributed by atoms with Crippen molar-refractivity contribution in [1.29, 1.82) is 0 Å². The number of aromatic nitrogens is 2. The van der Waals surface area contributed by atoms with E-state index >= 15 is 0 Å². The van der Waals surface area contributed by atoms with Gasteiger partial charge in [0, 0.05) is 12.4 Å². The maximum absolute atomic E-state index is 11.2. The van der Waals surface area contributed by atoms with Crippen LogP contribution in [0.25, 0.3) is 5.65 Å². The van der Waals surface area contributed by atoms with E-state index in [1.54, 1.807) is 0 Å². The summed E-state index contributed by atoms with van der Waals surface area (Å²) in [7, 11) is 1.40. The fraction of sp³-hybridized carbons (Fsp3) is 0.200. The minimum atomic E-state index is -0.207. The van der Waals surface area contributed by atoms with Crippen LogP contribution in [0.1, 0.15) is 5.69 Å². The summed E-state index contributed by atoms with van der Waals surface area (Å²) < 4.78 is 1.87. The van der Waals surface area contributed by atoms with E-state index in [1.807, 2.05) is 35.0 Å². The van der Waals surface area contributed by atoms with Gasteiger partial charge in [0.1, 0.15) is 5.65 Å². The number of pyridine rings is 1. The molecule has 0 aromatic carbocycles. The quantitative estimate of drug-likeness (QED) is 0.745. The fourth-order valence-electron chi connectivity index (χ4n) is 1.39. The second-order valence-corrected chi connectivity index (χ2v) is 3.10. The van der Waals surface area contributed by atoms with E-state index in [1.165, 1.54) is 7.11 Å². The van der Waals surface area contributed by atoms with Crippen molar-refractivity contribution in [3.05, 3.63) is 36.3 Å². The first-order valence-electron chi connectivity index (χ1n) is 4.54. The Morgan fingerprint density at radius 2 is 2.47 bits per heavy atom. The number of nitrogens with zero attached hydrogens (tertiary/aromatic N) is 2. The largest absolute Gasteiger partial charge is 0.307 e. The summed E-state index contributed by atoms with van der Waals surface area (Å²) in [6.07, 6.45) is 3.93. The Bertz CT molecular complexity index is 445. The predicted molar refractivity (Wildman–Crippen MR) is 54.0 cm³/mol. The van der Waals surface area contributed by atoms with E-state index in [0.717, 1.165) is 11.3 Å². The molecule has 2 aromatic rings. The van der Waals surface area contributed by atoms with E-state index < -0.39 is 0 Å². The predicted octanol–water partition coefficient (Wildman–Crippen LogP) is 0.554. The van der Waals surface area contributed by atoms with Gasteiger partial charge in [-0.3, -0.25) is 9.63 Å². The molecule has 0 aliphatic heterocycles. The molecule has 2 heterocycles. The highest BCUT2D eigenvalue weighted by atomic mass is 16.6. The Morgan fingerprint density at radius 3 is 3.20 bits per heavy atom. The first-order chi connectivity index (χ1) is 7.29. The van der Waals surface area contributed by atoms with Gasteiger partial charge in [-0.25, -0.2) is 10.5 Å². The molecule has 0 saturated heterocycles. The van der Waals surface area contributed by atoms with Gasteiger partial charge in [0.25, 0.3) is 0 Å². The molecule has 0 atom stereocenters. The number of carbonyl (C=O) groups is 1. The first kappa shape index (κ1) is 9.67. The summed E-state index contributed by atoms with van der Waals surface area (Å²) in [6, 6.07) is 5.70. The summed E-state index contributed by atoms with van der Waals surface area (Å²) in [5.41, 5.74) is 3.80. The van der Waals surface area contributed by atoms with Crippen LogP contribution in [0.3, 0.4) is 0 Å². The molecule has 0 bridgehead atoms. The van der Waals surface area contributed by atoms with Crippen LogP contribution < -0.4 is 5.48 Å². The van der Waals surface area contributed by atoms with Gasteiger partial charge < -0.3 is 4.40 Å². The zero-order valence-electron chi connectivity index (χ0n) is 8.30. The number of fused-ring (bicyclic) bond motifs is 1. The lowest BCUT2D eigenvalue weighted by Crippen LogP contribution is -2.23. The van der Waals surface area contributed by atoms with E-state index in [4.69, 9.17) is 0 Å². The molecule has 0 fully saturated rings. The molecule has 0 aliphatic carbocycles. The second kappa shape index (κ2) is 4.10. The molecular formula is C10H11N3O2. The van der Waals surface area contributed by atoms with Gasteiger partial charge in [0.15, 0.2) is 0 Å². The lowest BCUT2D eigenvalue weighted by atomic mass is 10.3. The van der Waals surface area contributed by atoms with Crippen molar-refractivity contribution in [1.82, 2.24) is 14.9 Å². The van der Waals surface area contributed by atoms with Crippen LogP contribution in [0, 0.1) is 0 Å². The molecule has 0 aliphatic rings. The van der Waals surface area contributed by atoms with Crippen molar-refractivity contribution in [2.75, 3.05) is 7.11 Å². The van der Waals surface area contributed by atoms with Gasteiger partial charge in [-0.15, -0.1) is 0 Å². The van der Waals surface area contributed by atoms with Gasteiger partial charge in [-0.2, -0.15) is 0 Å². The zero-order chi connectivity index (χ0) is 10.7. The molecule has 78 valence electrons. The summed E-state index contributed by atoms with van der Waals surface area (Å²) in [5, 5.41) is 0. The maximum Gasteiger partial charge on any atom is 0.249 e. The molecule has 0 radical (unpaired) electrons. The average Bonchev–Trinajstić information content (AvgIpc) is 2.59. The molecule has 0 saturated carbocycles. The highest BCUT2D eigenvalue weighted by Crippen LogP contribution is 2.04. The molecule has 5 heteroatoms. The van der Waals surface area contributed by atoms with Crippen LogP contribution in [0.4, 0.5) is 0 Å². The highest BCUT2D eigenvalue weighted by molar-refractivity contribution is 5.77. The van der Waals surface area contributed by atoms with Gasteiger partial charge in [0.05, 0.1) is 19.2 Å². The number of rotatable bonds is 3. The standard InChI is InChI=1S/C10H11N3O2/c1-15-12-10(14)6-8-7-13-5-3-2-4-9(13)11-8/h2-5,7H,6H2,1H3,(H,12,14). The van der Waals surface area contributed by atoms with Crippen molar-refractivity contribution in [3.8, 4) is 0 Å². The van der Waals surface area contributed by atoms with Crippen LogP contribution in [-0.2, 0) is 16.1 Å². The monoisotopic (exact) mass is 205 g/mol. The van der Waals surface area contributed by atoms with Crippen molar-refractivity contribution < 1.29 is 9.63 Å². The molecule has 0 spiro atoms. The number of hydrogen-bond donors (Lipinski definition) is 1. The maximum atomic E-state index is 11.2. The van der Waals surface area contributed by atoms with Crippen LogP contribution >= 0.6 is 0 Å². The van der Waals surface area contributed by atoms with Gasteiger partial charge in [-0.1, -0.05) is 6.07 Å². The number of hydrogen-bond acceptors (Lipinski definition) is 3. The smallest absolute Gasteiger partial charge is 0.249 e. The third-order valence-electron chi connectivity index (χ3n) is 1.97. The summed E-state index contributed by atoms with van der Waals surface area (Å²) in [5.74, 6) is -0.207. The van der Waals surface area contributed by atoms with Crippen LogP contribution in [0.5, 0.6) is 0 Å². The minimum absolute atomic E-state index is 0.207. The van der Waals surface area contributed by atoms with E-state index in [9.17, 15) is 4.79 Å². The van der Waals surface area contributed by atoms with Crippen LogP contribution in [0.2, 0.25) is 0 Å². The average molecular weight is 205 g/mol. The summed E-state index contributed by atoms with van der Waals surface area (Å²) in [6.45, 7) is 0. The Hall–Kier alpha value is -1.88. The molecular weight excluding hydrogens is 194 g/mol. The zero-order valence-corrected chi connectivity index (χ0v) is 8.30. The van der Waals surface area contributed by atoms with Crippen molar-refractivity contribution in [2.45, 2.75) is 6.42 Å². The van der Waals surface area contributed by atoms with E-state index in [2.05, 4.69) is 15.3 Å². The molecule has 0 unspecified atom stereocenters. The van der Waals surface area contributed by atoms with E-state index in [-0.39, 0.29) is 12.3 Å². The molecule has 2 aromatic heterocycles. The first-order valence-corrected chi connectivity index (χ1v) is 4.54. The summed E-state index contributed by atoms with van der Waals surface area (Å²) >= 11 is 0. The summed E-state index contributed by atoms with van der Waals surface area (Å²) in [4.78, 5) is 20.0. The SMILES string of the molecule is CONC(=O)Cc1cn2ccccc2n1. The fourth-order valence-corrected chi connectivity index (χ4v) is 1.39. The molecule has 5 nitrogen and oxygen atoms in total. The molecule has 15 heavy (non-hydrogen) atoms. The molecule has 2 rings (SSSR count). The number of amides is 1. The molecule has 1 N–H and O–H groups in total. The third-order valence-corrected chi connectivity index (χ3v) is 1.97. The second-order valence-electron chi connectivity index (χ2n) is 3.10. The highest BCUT2D eigenvalue weighted by Gasteiger charge is 2.06.